The molecule has 4 aromatic rings. The number of benzene rings is 4. The monoisotopic (exact) mass is 830 g/mol. The minimum Gasteiger partial charge on any atom is -0.465 e. The van der Waals surface area contributed by atoms with Crippen LogP contribution in [-0.4, -0.2) is 73.3 Å². The van der Waals surface area contributed by atoms with Crippen LogP contribution in [0.5, 0.6) is 0 Å². The van der Waals surface area contributed by atoms with Crippen LogP contribution in [0.1, 0.15) is 83.2 Å². The summed E-state index contributed by atoms with van der Waals surface area (Å²) in [5.74, 6) is -0.761. The highest BCUT2D eigenvalue weighted by Crippen LogP contribution is 2.24. The van der Waals surface area contributed by atoms with Gasteiger partial charge in [-0.15, -0.1) is 0 Å². The number of rotatable bonds is 14. The molecule has 1 aliphatic carbocycles. The van der Waals surface area contributed by atoms with Crippen molar-refractivity contribution in [3.63, 3.8) is 0 Å². The average Bonchev–Trinajstić information content (AvgIpc) is 3.28. The summed E-state index contributed by atoms with van der Waals surface area (Å²) in [4.78, 5) is 25.3. The Kier molecular flexibility index (Phi) is 18.3. The predicted octanol–water partition coefficient (Wildman–Crippen LogP) is 8.40. The summed E-state index contributed by atoms with van der Waals surface area (Å²) in [7, 11) is -4.50. The molecule has 2 fully saturated rings. The van der Waals surface area contributed by atoms with E-state index in [1.54, 1.807) is 84.9 Å². The summed E-state index contributed by atoms with van der Waals surface area (Å²) >= 11 is 0. The summed E-state index contributed by atoms with van der Waals surface area (Å²) in [6.45, 7) is 6.22. The lowest BCUT2D eigenvalue weighted by Crippen LogP contribution is -2.39. The Morgan fingerprint density at radius 3 is 1.47 bits per heavy atom. The molecule has 1 saturated carbocycles. The molecule has 0 bridgehead atoms. The van der Waals surface area contributed by atoms with Crippen molar-refractivity contribution in [2.45, 2.75) is 64.5 Å². The van der Waals surface area contributed by atoms with Crippen LogP contribution in [0.4, 0.5) is 11.4 Å². The fraction of sp³-hybridized carbons (Fsp3) is 0.356. The van der Waals surface area contributed by atoms with Gasteiger partial charge in [0, 0.05) is 12.0 Å². The molecule has 58 heavy (non-hydrogen) atoms. The highest BCUT2D eigenvalue weighted by molar-refractivity contribution is 7.95. The smallest absolute Gasteiger partial charge is 0.337 e. The Morgan fingerprint density at radius 2 is 1.07 bits per heavy atom. The van der Waals surface area contributed by atoms with Gasteiger partial charge in [0.1, 0.15) is 0 Å². The standard InChI is InChI=1S/C22H28N2O4S.C17H17NO4S.C6H11/c1-28-22(25)20-12-10-19(11-13-20)18-24(21-8-4-2-5-9-21)29(26,27)17-16-23-14-6-3-7-15-23;1-3-23(20,21)18(16-7-5-4-6-8-16)13-14-9-11-15(12-10-14)17(19)22-2;1-2-4-6-5-3-1/h2,4-5,8-13H,3,6-7,14-18H2,1H3;3-12H,1,13H2,2H3;1H,2-6H2/q;;+1. The molecule has 0 spiro atoms. The van der Waals surface area contributed by atoms with Crippen molar-refractivity contribution in [1.29, 1.82) is 0 Å². The molecule has 1 heterocycles. The largest absolute Gasteiger partial charge is 0.465 e. The lowest BCUT2D eigenvalue weighted by atomic mass is 10.0. The van der Waals surface area contributed by atoms with Crippen LogP contribution < -0.4 is 8.61 Å². The molecule has 1 aliphatic heterocycles. The highest BCUT2D eigenvalue weighted by atomic mass is 32.2. The van der Waals surface area contributed by atoms with Crippen molar-refractivity contribution in [3.05, 3.63) is 150 Å². The number of hydrogen-bond acceptors (Lipinski definition) is 9. The average molecular weight is 831 g/mol. The molecule has 0 unspecified atom stereocenters. The highest BCUT2D eigenvalue weighted by Gasteiger charge is 2.25. The van der Waals surface area contributed by atoms with E-state index in [-0.39, 0.29) is 18.8 Å². The number of carbonyl (C=O) groups excluding carboxylic acids is 2. The molecule has 0 N–H and O–H groups in total. The number of para-hydroxylation sites is 2. The first-order valence-electron chi connectivity index (χ1n) is 19.6. The third kappa shape index (κ3) is 14.4. The van der Waals surface area contributed by atoms with Crippen LogP contribution in [0.15, 0.2) is 121 Å². The van der Waals surface area contributed by atoms with Gasteiger partial charge in [-0.1, -0.05) is 73.7 Å². The van der Waals surface area contributed by atoms with Gasteiger partial charge in [-0.2, -0.15) is 0 Å². The van der Waals surface area contributed by atoms with Crippen molar-refractivity contribution < 1.29 is 35.9 Å². The van der Waals surface area contributed by atoms with Gasteiger partial charge >= 0.3 is 11.9 Å². The second-order valence-corrected chi connectivity index (χ2v) is 17.7. The predicted molar refractivity (Wildman–Crippen MR) is 231 cm³/mol. The van der Waals surface area contributed by atoms with Gasteiger partial charge in [0.25, 0.3) is 10.0 Å². The Morgan fingerprint density at radius 1 is 0.638 bits per heavy atom. The van der Waals surface area contributed by atoms with E-state index in [4.69, 9.17) is 4.74 Å². The molecule has 6 rings (SSSR count). The molecular weight excluding hydrogens is 775 g/mol. The first-order chi connectivity index (χ1) is 28.0. The normalized spacial score (nSPS) is 14.2. The number of anilines is 2. The first kappa shape index (κ1) is 45.6. The van der Waals surface area contributed by atoms with Crippen molar-refractivity contribution in [2.75, 3.05) is 48.2 Å². The van der Waals surface area contributed by atoms with E-state index in [9.17, 15) is 26.4 Å². The topological polar surface area (TPSA) is 131 Å². The van der Waals surface area contributed by atoms with E-state index in [1.165, 1.54) is 61.4 Å². The van der Waals surface area contributed by atoms with Crippen molar-refractivity contribution in [3.8, 4) is 0 Å². The molecule has 11 nitrogen and oxygen atoms in total. The van der Waals surface area contributed by atoms with E-state index < -0.39 is 32.0 Å². The minimum atomic E-state index is -3.64. The van der Waals surface area contributed by atoms with E-state index >= 15 is 0 Å². The summed E-state index contributed by atoms with van der Waals surface area (Å²) in [5, 5.41) is 0.919. The maximum Gasteiger partial charge on any atom is 0.337 e. The Hall–Kier alpha value is -5.11. The van der Waals surface area contributed by atoms with Crippen LogP contribution in [-0.2, 0) is 42.6 Å². The quantitative estimate of drug-likeness (QED) is 0.0909. The Bertz CT molecular complexity index is 2060. The minimum absolute atomic E-state index is 0.0855. The second kappa shape index (κ2) is 23.3. The second-order valence-electron chi connectivity index (χ2n) is 13.9. The molecule has 0 amide bonds. The number of likely N-dealkylation sites (tertiary alicyclic amines) is 1. The molecule has 13 heteroatoms. The molecule has 0 radical (unpaired) electrons. The van der Waals surface area contributed by atoms with Crippen LogP contribution in [0.3, 0.4) is 0 Å². The molecule has 310 valence electrons. The summed E-state index contributed by atoms with van der Waals surface area (Å²) < 4.78 is 63.0. The van der Waals surface area contributed by atoms with E-state index in [1.807, 2.05) is 24.3 Å². The number of ether oxygens (including phenoxy) is 2. The van der Waals surface area contributed by atoms with Crippen molar-refractivity contribution in [2.24, 2.45) is 0 Å². The van der Waals surface area contributed by atoms with Crippen molar-refractivity contribution in [1.82, 2.24) is 4.90 Å². The van der Waals surface area contributed by atoms with Gasteiger partial charge in [0.15, 0.2) is 0 Å². The first-order valence-corrected chi connectivity index (χ1v) is 22.7. The van der Waals surface area contributed by atoms with Crippen LogP contribution in [0.2, 0.25) is 0 Å². The molecule has 0 atom stereocenters. The Balaban J connectivity index is 0.000000228. The van der Waals surface area contributed by atoms with Gasteiger partial charge in [-0.3, -0.25) is 8.61 Å². The molecule has 0 aromatic heterocycles. The zero-order valence-corrected chi connectivity index (χ0v) is 35.2. The Labute approximate surface area is 345 Å². The molecule has 1 saturated heterocycles. The summed E-state index contributed by atoms with van der Waals surface area (Å²) in [6, 6.07) is 31.4. The lowest BCUT2D eigenvalue weighted by Gasteiger charge is -2.29. The van der Waals surface area contributed by atoms with Crippen LogP contribution in [0, 0.1) is 6.42 Å². The van der Waals surface area contributed by atoms with Crippen LogP contribution in [0.25, 0.3) is 0 Å². The number of esters is 2. The fourth-order valence-electron chi connectivity index (χ4n) is 6.45. The number of hydrogen-bond donors (Lipinski definition) is 0. The zero-order valence-electron chi connectivity index (χ0n) is 33.6. The fourth-order valence-corrected chi connectivity index (χ4v) is 8.88. The number of nitrogens with zero attached hydrogens (tertiary/aromatic N) is 3. The lowest BCUT2D eigenvalue weighted by molar-refractivity contribution is 0.0592. The van der Waals surface area contributed by atoms with E-state index in [0.717, 1.165) is 42.5 Å². The van der Waals surface area contributed by atoms with Gasteiger partial charge < -0.3 is 14.4 Å². The molecule has 4 aromatic carbocycles. The maximum atomic E-state index is 13.2. The van der Waals surface area contributed by atoms with E-state index in [2.05, 4.69) is 22.6 Å². The van der Waals surface area contributed by atoms with Gasteiger partial charge in [0.2, 0.25) is 10.0 Å². The molecule has 2 aliphatic rings. The van der Waals surface area contributed by atoms with Gasteiger partial charge in [-0.05, 0) is 105 Å². The van der Waals surface area contributed by atoms with Crippen molar-refractivity contribution >= 4 is 43.4 Å². The number of methoxy groups -OCH3 is 2. The third-order valence-corrected chi connectivity index (χ3v) is 12.9. The third-order valence-electron chi connectivity index (χ3n) is 9.78. The molecular formula is C45H56N3O8S2+. The maximum absolute atomic E-state index is 13.2. The summed E-state index contributed by atoms with van der Waals surface area (Å²) in [5.41, 5.74) is 3.59. The number of piperidine rings is 1. The SMILES string of the molecule is C=CS(=O)(=O)N(Cc1ccc(C(=O)OC)cc1)c1ccccc1.COC(=O)c1ccc(CN(c2ccccc2)S(=O)(=O)CCN2CCCCC2)cc1.[CH+]1CCCCC1. The summed E-state index contributed by atoms with van der Waals surface area (Å²) in [6.07, 6.45) is 13.0. The zero-order chi connectivity index (χ0) is 41.8. The van der Waals surface area contributed by atoms with Gasteiger partial charge in [-0.25, -0.2) is 26.4 Å². The number of sulfonamides is 2. The van der Waals surface area contributed by atoms with Crippen LogP contribution >= 0.6 is 0 Å². The number of carbonyl (C=O) groups is 2. The van der Waals surface area contributed by atoms with E-state index in [0.29, 0.717) is 29.0 Å². The van der Waals surface area contributed by atoms with Gasteiger partial charge in [0.05, 0.1) is 74.8 Å².